The molecule has 0 aliphatic rings. The molecule has 1 N–H and O–H groups in total. The van der Waals surface area contributed by atoms with Crippen molar-refractivity contribution in [3.05, 3.63) is 24.3 Å². The van der Waals surface area contributed by atoms with E-state index in [0.29, 0.717) is 0 Å². The van der Waals surface area contributed by atoms with Crippen LogP contribution in [0.5, 0.6) is 0 Å². The predicted molar refractivity (Wildman–Crippen MR) is 41.2 cm³/mol. The summed E-state index contributed by atoms with van der Waals surface area (Å²) in [7, 11) is 0. The van der Waals surface area contributed by atoms with Crippen LogP contribution in [-0.2, 0) is 9.59 Å². The van der Waals surface area contributed by atoms with Gasteiger partial charge in [-0.15, -0.1) is 0 Å². The van der Waals surface area contributed by atoms with Gasteiger partial charge in [0, 0.05) is 0 Å². The number of hydrogen-bond acceptors (Lipinski definition) is 2. The fourth-order valence-electron chi connectivity index (χ4n) is 0.438. The molecule has 11 heavy (non-hydrogen) atoms. The normalized spacial score (nSPS) is 11.0. The standard InChI is InChI=1S/C8H10O3/c1-7(9)5-3-2-4-6-8(10)11/h2-5H,6H2,1H3,(H,10,11)/b4-2+,5-3+. The maximum atomic E-state index is 10.3. The van der Waals surface area contributed by atoms with Gasteiger partial charge < -0.3 is 5.11 Å². The summed E-state index contributed by atoms with van der Waals surface area (Å²) in [5.41, 5.74) is 0. The number of carboxylic acids is 1. The minimum Gasteiger partial charge on any atom is -0.481 e. The van der Waals surface area contributed by atoms with Gasteiger partial charge in [-0.05, 0) is 13.0 Å². The lowest BCUT2D eigenvalue weighted by atomic mass is 10.3. The summed E-state index contributed by atoms with van der Waals surface area (Å²) < 4.78 is 0. The molecule has 0 saturated heterocycles. The zero-order valence-electron chi connectivity index (χ0n) is 6.28. The minimum atomic E-state index is -0.877. The molecule has 0 amide bonds. The first-order chi connectivity index (χ1) is 5.13. The second kappa shape index (κ2) is 5.41. The molecule has 0 aromatic heterocycles. The van der Waals surface area contributed by atoms with Crippen LogP contribution in [0.4, 0.5) is 0 Å². The zero-order chi connectivity index (χ0) is 8.69. The molecule has 0 saturated carbocycles. The highest BCUT2D eigenvalue weighted by Crippen LogP contribution is 1.84. The van der Waals surface area contributed by atoms with E-state index in [0.717, 1.165) is 0 Å². The molecule has 0 bridgehead atoms. The van der Waals surface area contributed by atoms with Crippen molar-refractivity contribution in [1.29, 1.82) is 0 Å². The molecule has 0 unspecified atom stereocenters. The second-order valence-electron chi connectivity index (χ2n) is 2.00. The number of carboxylic acid groups (broad SMARTS) is 1. The number of allylic oxidation sites excluding steroid dienone is 3. The van der Waals surface area contributed by atoms with E-state index in [4.69, 9.17) is 5.11 Å². The van der Waals surface area contributed by atoms with Crippen molar-refractivity contribution >= 4 is 11.8 Å². The van der Waals surface area contributed by atoms with Crippen molar-refractivity contribution in [2.45, 2.75) is 13.3 Å². The number of carbonyl (C=O) groups excluding carboxylic acids is 1. The Hall–Kier alpha value is -1.38. The molecule has 60 valence electrons. The van der Waals surface area contributed by atoms with Crippen LogP contribution >= 0.6 is 0 Å². The first kappa shape index (κ1) is 9.62. The van der Waals surface area contributed by atoms with Crippen LogP contribution in [-0.4, -0.2) is 16.9 Å². The summed E-state index contributed by atoms with van der Waals surface area (Å²) >= 11 is 0. The Balaban J connectivity index is 3.60. The van der Waals surface area contributed by atoms with Crippen LogP contribution in [0.15, 0.2) is 24.3 Å². The first-order valence-corrected chi connectivity index (χ1v) is 3.18. The van der Waals surface area contributed by atoms with Gasteiger partial charge >= 0.3 is 5.97 Å². The van der Waals surface area contributed by atoms with Gasteiger partial charge in [0.05, 0.1) is 6.42 Å². The molecule has 0 heterocycles. The highest BCUT2D eigenvalue weighted by Gasteiger charge is 1.86. The Labute approximate surface area is 65.0 Å². The molecule has 0 spiro atoms. The molecule has 0 fully saturated rings. The van der Waals surface area contributed by atoms with Gasteiger partial charge in [-0.3, -0.25) is 9.59 Å². The maximum absolute atomic E-state index is 10.3. The fourth-order valence-corrected chi connectivity index (χ4v) is 0.438. The van der Waals surface area contributed by atoms with Crippen LogP contribution in [0, 0.1) is 0 Å². The van der Waals surface area contributed by atoms with E-state index in [1.54, 1.807) is 0 Å². The van der Waals surface area contributed by atoms with Crippen LogP contribution < -0.4 is 0 Å². The smallest absolute Gasteiger partial charge is 0.307 e. The molecule has 0 aromatic carbocycles. The molecule has 3 heteroatoms. The van der Waals surface area contributed by atoms with Crippen molar-refractivity contribution in [2.75, 3.05) is 0 Å². The van der Waals surface area contributed by atoms with Crippen LogP contribution in [0.1, 0.15) is 13.3 Å². The monoisotopic (exact) mass is 154 g/mol. The van der Waals surface area contributed by atoms with Gasteiger partial charge in [0.25, 0.3) is 0 Å². The highest BCUT2D eigenvalue weighted by atomic mass is 16.4. The van der Waals surface area contributed by atoms with Gasteiger partial charge in [0.2, 0.25) is 0 Å². The first-order valence-electron chi connectivity index (χ1n) is 3.18. The zero-order valence-corrected chi connectivity index (χ0v) is 6.28. The topological polar surface area (TPSA) is 54.4 Å². The van der Waals surface area contributed by atoms with E-state index < -0.39 is 5.97 Å². The van der Waals surface area contributed by atoms with E-state index in [2.05, 4.69) is 0 Å². The van der Waals surface area contributed by atoms with Crippen molar-refractivity contribution < 1.29 is 14.7 Å². The summed E-state index contributed by atoms with van der Waals surface area (Å²) in [5.74, 6) is -0.928. The average molecular weight is 154 g/mol. The van der Waals surface area contributed by atoms with Crippen LogP contribution in [0.3, 0.4) is 0 Å². The third-order valence-electron chi connectivity index (χ3n) is 0.871. The SMILES string of the molecule is CC(=O)/C=C/C=C/CC(=O)O. The summed E-state index contributed by atoms with van der Waals surface area (Å²) in [5, 5.41) is 8.18. The second-order valence-corrected chi connectivity index (χ2v) is 2.00. The van der Waals surface area contributed by atoms with Gasteiger partial charge in [-0.1, -0.05) is 18.2 Å². The summed E-state index contributed by atoms with van der Waals surface area (Å²) in [4.78, 5) is 20.3. The van der Waals surface area contributed by atoms with E-state index in [1.165, 1.54) is 31.2 Å². The van der Waals surface area contributed by atoms with E-state index in [9.17, 15) is 9.59 Å². The van der Waals surface area contributed by atoms with Crippen molar-refractivity contribution in [2.24, 2.45) is 0 Å². The largest absolute Gasteiger partial charge is 0.481 e. The molecule has 0 aromatic rings. The Bertz CT molecular complexity index is 201. The number of ketones is 1. The predicted octanol–water partition coefficient (Wildman–Crippen LogP) is 1.16. The third-order valence-corrected chi connectivity index (χ3v) is 0.871. The average Bonchev–Trinajstić information content (AvgIpc) is 1.85. The van der Waals surface area contributed by atoms with E-state index >= 15 is 0 Å². The maximum Gasteiger partial charge on any atom is 0.307 e. The number of rotatable bonds is 4. The van der Waals surface area contributed by atoms with Crippen molar-refractivity contribution in [1.82, 2.24) is 0 Å². The Morgan fingerprint density at radius 1 is 1.36 bits per heavy atom. The number of carbonyl (C=O) groups is 2. The highest BCUT2D eigenvalue weighted by molar-refractivity contribution is 5.87. The summed E-state index contributed by atoms with van der Waals surface area (Å²) in [6.45, 7) is 1.43. The lowest BCUT2D eigenvalue weighted by Gasteiger charge is -1.80. The molecule has 0 aliphatic carbocycles. The molecular weight excluding hydrogens is 144 g/mol. The summed E-state index contributed by atoms with van der Waals surface area (Å²) in [6, 6.07) is 0. The van der Waals surface area contributed by atoms with Gasteiger partial charge in [-0.25, -0.2) is 0 Å². The molecular formula is C8H10O3. The fraction of sp³-hybridized carbons (Fsp3) is 0.250. The Morgan fingerprint density at radius 2 is 2.00 bits per heavy atom. The summed E-state index contributed by atoms with van der Waals surface area (Å²) in [6.07, 6.45) is 5.89. The van der Waals surface area contributed by atoms with Gasteiger partial charge in [-0.2, -0.15) is 0 Å². The van der Waals surface area contributed by atoms with E-state index in [-0.39, 0.29) is 12.2 Å². The van der Waals surface area contributed by atoms with E-state index in [1.807, 2.05) is 0 Å². The lowest BCUT2D eigenvalue weighted by Crippen LogP contribution is -1.89. The van der Waals surface area contributed by atoms with Gasteiger partial charge in [0.1, 0.15) is 0 Å². The third kappa shape index (κ3) is 8.62. The Morgan fingerprint density at radius 3 is 2.45 bits per heavy atom. The van der Waals surface area contributed by atoms with Crippen LogP contribution in [0.2, 0.25) is 0 Å². The molecule has 0 atom stereocenters. The lowest BCUT2D eigenvalue weighted by molar-refractivity contribution is -0.136. The molecule has 0 rings (SSSR count). The molecule has 0 aliphatic heterocycles. The van der Waals surface area contributed by atoms with Crippen LogP contribution in [0.25, 0.3) is 0 Å². The van der Waals surface area contributed by atoms with Gasteiger partial charge in [0.15, 0.2) is 5.78 Å². The number of aliphatic carboxylic acids is 1. The van der Waals surface area contributed by atoms with Crippen molar-refractivity contribution in [3.8, 4) is 0 Å². The number of hydrogen-bond donors (Lipinski definition) is 1. The molecule has 0 radical (unpaired) electrons. The Kier molecular flexibility index (Phi) is 4.73. The van der Waals surface area contributed by atoms with Crippen molar-refractivity contribution in [3.63, 3.8) is 0 Å². The molecule has 3 nitrogen and oxygen atoms in total. The minimum absolute atomic E-state index is 0.0117. The quantitative estimate of drug-likeness (QED) is 0.488.